The number of carbonyl (C=O) groups is 1. The van der Waals surface area contributed by atoms with Gasteiger partial charge in [0.2, 0.25) is 0 Å². The van der Waals surface area contributed by atoms with Crippen molar-refractivity contribution in [3.05, 3.63) is 107 Å². The number of hydrogen-bond donors (Lipinski definition) is 1. The Bertz CT molecular complexity index is 1610. The first kappa shape index (κ1) is 30.1. The molecule has 1 radical (unpaired) electrons. The van der Waals surface area contributed by atoms with Gasteiger partial charge in [-0.3, -0.25) is 9.78 Å². The van der Waals surface area contributed by atoms with E-state index in [9.17, 15) is 4.79 Å². The van der Waals surface area contributed by atoms with Crippen molar-refractivity contribution in [2.24, 2.45) is 0 Å². The van der Waals surface area contributed by atoms with Gasteiger partial charge in [-0.25, -0.2) is 4.98 Å². The van der Waals surface area contributed by atoms with Crippen molar-refractivity contribution in [2.75, 3.05) is 0 Å². The Kier molecular flexibility index (Phi) is 10.1. The van der Waals surface area contributed by atoms with Gasteiger partial charge in [-0.05, 0) is 61.6 Å². The quantitative estimate of drug-likeness (QED) is 0.115. The van der Waals surface area contributed by atoms with Crippen LogP contribution in [-0.2, 0) is 24.9 Å². The molecular weight excluding hydrogens is 681 g/mol. The van der Waals surface area contributed by atoms with E-state index in [0.29, 0.717) is 0 Å². The van der Waals surface area contributed by atoms with Crippen LogP contribution in [0.4, 0.5) is 0 Å². The molecular formula is C33H31IrN2O2S-. The van der Waals surface area contributed by atoms with Crippen LogP contribution in [-0.4, -0.2) is 20.9 Å². The van der Waals surface area contributed by atoms with Crippen LogP contribution < -0.4 is 0 Å². The molecule has 3 aromatic carbocycles. The predicted molar refractivity (Wildman–Crippen MR) is 159 cm³/mol. The number of hydrogen-bond acceptors (Lipinski definition) is 5. The van der Waals surface area contributed by atoms with Crippen molar-refractivity contribution in [1.29, 1.82) is 0 Å². The number of aliphatic hydroxyl groups excluding tert-OH is 1. The maximum atomic E-state index is 10.0. The molecule has 5 rings (SSSR count). The van der Waals surface area contributed by atoms with E-state index in [1.807, 2.05) is 0 Å². The minimum absolute atomic E-state index is 0. The first-order valence-corrected chi connectivity index (χ1v) is 13.2. The van der Waals surface area contributed by atoms with E-state index < -0.39 is 0 Å². The number of ketones is 1. The van der Waals surface area contributed by atoms with Crippen LogP contribution in [0.3, 0.4) is 0 Å². The zero-order valence-corrected chi connectivity index (χ0v) is 26.1. The van der Waals surface area contributed by atoms with Crippen LogP contribution in [0.25, 0.3) is 43.0 Å². The SMILES string of the molecule is CC(=O)/C=C(/C)O.Cc1[c-]c(-c2ncnc3cc(-c4ccc(-c5c(C)cccc5C)cc4)sc23)cc(C)c1.[Ir]. The summed E-state index contributed by atoms with van der Waals surface area (Å²) in [5.41, 5.74) is 11.7. The first-order chi connectivity index (χ1) is 18.1. The average Bonchev–Trinajstić information content (AvgIpc) is 3.28. The smallest absolute Gasteiger partial charge is 0.155 e. The number of rotatable bonds is 4. The number of aliphatic hydroxyl groups is 1. The fraction of sp³-hybridized carbons (Fsp3) is 0.182. The number of benzene rings is 3. The number of allylic oxidation sites excluding steroid dienone is 2. The Hall–Kier alpha value is -3.44. The first-order valence-electron chi connectivity index (χ1n) is 12.4. The van der Waals surface area contributed by atoms with Crippen LogP contribution in [0.1, 0.15) is 36.1 Å². The molecule has 0 aliphatic rings. The fourth-order valence-electron chi connectivity index (χ4n) is 4.58. The standard InChI is InChI=1S/C28H23N2S.C5H8O2.Ir/c1-17-12-18(2)14-23(13-17)27-28-24(29-16-30-27)15-25(31-28)21-8-10-22(11-9-21)26-19(3)6-5-7-20(26)4;1-4(6)3-5(2)7;/h5-13,15-16H,1-4H3;3,6H,1-2H3;/q-1;;/b;4-3-;. The van der Waals surface area contributed by atoms with Gasteiger partial charge in [-0.2, -0.15) is 0 Å². The van der Waals surface area contributed by atoms with Gasteiger partial charge in [0.25, 0.3) is 0 Å². The summed E-state index contributed by atoms with van der Waals surface area (Å²) in [5.74, 6) is -0.0625. The Morgan fingerprint density at radius 1 is 0.897 bits per heavy atom. The van der Waals surface area contributed by atoms with E-state index in [1.165, 1.54) is 58.2 Å². The third-order valence-corrected chi connectivity index (χ3v) is 7.25. The van der Waals surface area contributed by atoms with Crippen LogP contribution in [0.15, 0.2) is 78.8 Å². The van der Waals surface area contributed by atoms with Crippen molar-refractivity contribution < 1.29 is 30.0 Å². The molecule has 5 aromatic rings. The van der Waals surface area contributed by atoms with E-state index >= 15 is 0 Å². The third-order valence-electron chi connectivity index (χ3n) is 6.07. The van der Waals surface area contributed by atoms with Crippen LogP contribution in [0.2, 0.25) is 0 Å². The molecule has 2 heterocycles. The second-order valence-corrected chi connectivity index (χ2v) is 10.6. The van der Waals surface area contributed by atoms with Crippen LogP contribution in [0.5, 0.6) is 0 Å². The minimum atomic E-state index is -0.125. The van der Waals surface area contributed by atoms with Gasteiger partial charge in [0.1, 0.15) is 6.33 Å². The van der Waals surface area contributed by atoms with Crippen molar-refractivity contribution in [1.82, 2.24) is 9.97 Å². The van der Waals surface area contributed by atoms with Crippen molar-refractivity contribution in [3.8, 4) is 32.8 Å². The average molecular weight is 712 g/mol. The normalized spacial score (nSPS) is 11.0. The van der Waals surface area contributed by atoms with E-state index in [2.05, 4.69) is 104 Å². The molecule has 6 heteroatoms. The van der Waals surface area contributed by atoms with Crippen molar-refractivity contribution in [2.45, 2.75) is 41.5 Å². The summed E-state index contributed by atoms with van der Waals surface area (Å²) in [6, 6.07) is 25.2. The number of nitrogens with zero attached hydrogens (tertiary/aromatic N) is 2. The molecule has 1 N–H and O–H groups in total. The Balaban J connectivity index is 0.000000468. The molecule has 0 spiro atoms. The summed E-state index contributed by atoms with van der Waals surface area (Å²) in [6.45, 7) is 11.4. The number of aromatic nitrogens is 2. The minimum Gasteiger partial charge on any atom is -0.512 e. The molecule has 39 heavy (non-hydrogen) atoms. The molecule has 0 fully saturated rings. The Morgan fingerprint density at radius 3 is 2.10 bits per heavy atom. The molecule has 0 saturated heterocycles. The molecule has 0 aliphatic carbocycles. The van der Waals surface area contributed by atoms with Crippen LogP contribution in [0, 0.1) is 33.8 Å². The molecule has 2 aromatic heterocycles. The van der Waals surface area contributed by atoms with Gasteiger partial charge in [-0.1, -0.05) is 56.3 Å². The molecule has 0 amide bonds. The third kappa shape index (κ3) is 7.36. The second kappa shape index (κ2) is 13.1. The fourth-order valence-corrected chi connectivity index (χ4v) is 5.70. The summed E-state index contributed by atoms with van der Waals surface area (Å²) in [6.07, 6.45) is 2.82. The topological polar surface area (TPSA) is 63.1 Å². The summed E-state index contributed by atoms with van der Waals surface area (Å²) >= 11 is 1.75. The molecule has 201 valence electrons. The number of carbonyl (C=O) groups excluding carboxylic acids is 1. The molecule has 0 unspecified atom stereocenters. The summed E-state index contributed by atoms with van der Waals surface area (Å²) in [7, 11) is 0. The van der Waals surface area contributed by atoms with Crippen molar-refractivity contribution >= 4 is 27.3 Å². The molecule has 0 atom stereocenters. The van der Waals surface area contributed by atoms with Gasteiger partial charge < -0.3 is 5.11 Å². The molecule has 4 nitrogen and oxygen atoms in total. The van der Waals surface area contributed by atoms with Gasteiger partial charge in [0, 0.05) is 41.5 Å². The van der Waals surface area contributed by atoms with Gasteiger partial charge in [0.05, 0.1) is 11.3 Å². The van der Waals surface area contributed by atoms with E-state index in [1.54, 1.807) is 17.7 Å². The maximum absolute atomic E-state index is 10.0. The Labute approximate surface area is 247 Å². The van der Waals surface area contributed by atoms with E-state index in [-0.39, 0.29) is 31.6 Å². The number of thiophene rings is 1. The largest absolute Gasteiger partial charge is 0.512 e. The van der Waals surface area contributed by atoms with Gasteiger partial charge >= 0.3 is 0 Å². The predicted octanol–water partition coefficient (Wildman–Crippen LogP) is 8.76. The van der Waals surface area contributed by atoms with E-state index in [0.717, 1.165) is 27.0 Å². The zero-order valence-electron chi connectivity index (χ0n) is 22.9. The number of fused-ring (bicyclic) bond motifs is 1. The maximum Gasteiger partial charge on any atom is 0.155 e. The summed E-state index contributed by atoms with van der Waals surface area (Å²) < 4.78 is 1.11. The molecule has 0 bridgehead atoms. The summed E-state index contributed by atoms with van der Waals surface area (Å²) in [4.78, 5) is 20.4. The molecule has 0 saturated carbocycles. The van der Waals surface area contributed by atoms with Gasteiger partial charge in [0.15, 0.2) is 5.78 Å². The monoisotopic (exact) mass is 712 g/mol. The van der Waals surface area contributed by atoms with Gasteiger partial charge in [-0.15, -0.1) is 46.2 Å². The Morgan fingerprint density at radius 2 is 1.54 bits per heavy atom. The van der Waals surface area contributed by atoms with Crippen LogP contribution >= 0.6 is 11.3 Å². The second-order valence-electron chi connectivity index (χ2n) is 9.54. The summed E-state index contributed by atoms with van der Waals surface area (Å²) in [5, 5.41) is 8.36. The number of aryl methyl sites for hydroxylation is 4. The van der Waals surface area contributed by atoms with E-state index in [4.69, 9.17) is 5.11 Å². The molecule has 0 aliphatic heterocycles. The zero-order chi connectivity index (χ0) is 27.4. The van der Waals surface area contributed by atoms with Crippen molar-refractivity contribution in [3.63, 3.8) is 0 Å².